The number of aliphatic carboxylic acids is 1. The normalized spacial score (nSPS) is 12.1. The van der Waals surface area contributed by atoms with Gasteiger partial charge in [-0.1, -0.05) is 22.6 Å². The van der Waals surface area contributed by atoms with Gasteiger partial charge in [0.25, 0.3) is 0 Å². The molecule has 14 heavy (non-hydrogen) atoms. The van der Waals surface area contributed by atoms with Gasteiger partial charge in [-0.25, -0.2) is 0 Å². The molecule has 1 aromatic carbocycles. The van der Waals surface area contributed by atoms with Crippen LogP contribution in [0.25, 0.3) is 0 Å². The second-order valence-electron chi connectivity index (χ2n) is 2.61. The van der Waals surface area contributed by atoms with Crippen LogP contribution in [-0.2, 0) is 4.79 Å². The summed E-state index contributed by atoms with van der Waals surface area (Å²) in [5, 5.41) is 17.5. The number of rotatable bonds is 3. The Hall–Kier alpha value is -1.11. The Balaban J connectivity index is 2.90. The number of phenols is 1. The third-order valence-electron chi connectivity index (χ3n) is 1.60. The molecule has 0 radical (unpaired) electrons. The average Bonchev–Trinajstić information content (AvgIpc) is 2.16. The van der Waals surface area contributed by atoms with Crippen molar-refractivity contribution in [2.75, 3.05) is 0 Å². The third-order valence-corrected chi connectivity index (χ3v) is 2.70. The molecule has 1 aromatic rings. The van der Waals surface area contributed by atoms with E-state index in [1.54, 1.807) is 22.6 Å². The molecule has 0 saturated heterocycles. The highest BCUT2D eigenvalue weighted by Crippen LogP contribution is 2.14. The number of halogens is 1. The number of hydrogen-bond acceptors (Lipinski definition) is 3. The van der Waals surface area contributed by atoms with Gasteiger partial charge in [-0.15, -0.1) is 0 Å². The van der Waals surface area contributed by atoms with E-state index in [2.05, 4.69) is 0 Å². The number of alkyl halides is 1. The summed E-state index contributed by atoms with van der Waals surface area (Å²) < 4.78 is -1.09. The SMILES string of the molecule is O=C(O)C(I)C(=O)c1ccc(O)cc1. The van der Waals surface area contributed by atoms with Gasteiger partial charge in [-0.3, -0.25) is 9.59 Å². The quantitative estimate of drug-likeness (QED) is 0.384. The molecule has 0 heterocycles. The van der Waals surface area contributed by atoms with E-state index in [0.29, 0.717) is 0 Å². The lowest BCUT2D eigenvalue weighted by molar-refractivity contribution is -0.135. The highest BCUT2D eigenvalue weighted by molar-refractivity contribution is 14.1. The Morgan fingerprint density at radius 2 is 1.71 bits per heavy atom. The minimum absolute atomic E-state index is 0.0434. The summed E-state index contributed by atoms with van der Waals surface area (Å²) in [4.78, 5) is 21.9. The van der Waals surface area contributed by atoms with Crippen molar-refractivity contribution in [3.8, 4) is 5.75 Å². The zero-order valence-corrected chi connectivity index (χ0v) is 9.13. The predicted octanol–water partition coefficient (Wildman–Crippen LogP) is 1.46. The van der Waals surface area contributed by atoms with Crippen molar-refractivity contribution in [1.29, 1.82) is 0 Å². The van der Waals surface area contributed by atoms with Crippen LogP contribution in [0.2, 0.25) is 0 Å². The van der Waals surface area contributed by atoms with Crippen LogP contribution in [0.1, 0.15) is 10.4 Å². The molecule has 0 aliphatic rings. The first-order valence-corrected chi connectivity index (χ1v) is 4.97. The second kappa shape index (κ2) is 4.41. The number of carboxylic acids is 1. The first kappa shape index (κ1) is 11.0. The molecular formula is C9H7IO4. The molecule has 0 bridgehead atoms. The summed E-state index contributed by atoms with van der Waals surface area (Å²) in [5.74, 6) is -1.59. The number of phenolic OH excluding ortho intramolecular Hbond substituents is 1. The Bertz CT molecular complexity index is 358. The van der Waals surface area contributed by atoms with Gasteiger partial charge in [0.05, 0.1) is 0 Å². The molecule has 0 spiro atoms. The smallest absolute Gasteiger partial charge is 0.324 e. The molecule has 4 nitrogen and oxygen atoms in total. The molecule has 2 N–H and O–H groups in total. The van der Waals surface area contributed by atoms with E-state index in [1.165, 1.54) is 24.3 Å². The lowest BCUT2D eigenvalue weighted by Gasteiger charge is -2.03. The molecule has 0 aliphatic heterocycles. The van der Waals surface area contributed by atoms with Gasteiger partial charge in [0.2, 0.25) is 0 Å². The summed E-state index contributed by atoms with van der Waals surface area (Å²) in [5.41, 5.74) is 0.282. The van der Waals surface area contributed by atoms with Crippen LogP contribution >= 0.6 is 22.6 Å². The largest absolute Gasteiger partial charge is 0.508 e. The van der Waals surface area contributed by atoms with E-state index in [-0.39, 0.29) is 11.3 Å². The molecule has 0 aliphatic carbocycles. The van der Waals surface area contributed by atoms with Crippen LogP contribution in [0.4, 0.5) is 0 Å². The van der Waals surface area contributed by atoms with Crippen LogP contribution in [0.3, 0.4) is 0 Å². The van der Waals surface area contributed by atoms with E-state index >= 15 is 0 Å². The van der Waals surface area contributed by atoms with E-state index in [0.717, 1.165) is 0 Å². The van der Waals surface area contributed by atoms with Gasteiger partial charge in [0.1, 0.15) is 5.75 Å². The number of Topliss-reactive ketones (excluding diaryl/α,β-unsaturated/α-hetero) is 1. The maximum absolute atomic E-state index is 11.4. The van der Waals surface area contributed by atoms with Crippen LogP contribution in [0.15, 0.2) is 24.3 Å². The van der Waals surface area contributed by atoms with Gasteiger partial charge >= 0.3 is 5.97 Å². The second-order valence-corrected chi connectivity index (χ2v) is 3.86. The fourth-order valence-corrected chi connectivity index (χ4v) is 1.24. The summed E-state index contributed by atoms with van der Waals surface area (Å²) in [7, 11) is 0. The van der Waals surface area contributed by atoms with Crippen molar-refractivity contribution < 1.29 is 19.8 Å². The van der Waals surface area contributed by atoms with Crippen LogP contribution in [0, 0.1) is 0 Å². The Kier molecular flexibility index (Phi) is 3.45. The summed E-state index contributed by atoms with van der Waals surface area (Å²) in [6.45, 7) is 0. The molecule has 0 amide bonds. The highest BCUT2D eigenvalue weighted by Gasteiger charge is 2.23. The van der Waals surface area contributed by atoms with E-state index < -0.39 is 15.7 Å². The molecule has 0 saturated carbocycles. The first-order chi connectivity index (χ1) is 6.52. The van der Waals surface area contributed by atoms with Crippen molar-refractivity contribution in [3.63, 3.8) is 0 Å². The molecule has 5 heteroatoms. The van der Waals surface area contributed by atoms with Crippen molar-refractivity contribution in [2.24, 2.45) is 0 Å². The number of ketones is 1. The van der Waals surface area contributed by atoms with Crippen molar-refractivity contribution in [2.45, 2.75) is 3.92 Å². The Morgan fingerprint density at radius 1 is 1.21 bits per heavy atom. The molecule has 1 rings (SSSR count). The Labute approximate surface area is 93.7 Å². The lowest BCUT2D eigenvalue weighted by Crippen LogP contribution is -2.23. The first-order valence-electron chi connectivity index (χ1n) is 3.72. The summed E-state index contributed by atoms with van der Waals surface area (Å²) in [6.07, 6.45) is 0. The number of carboxylic acid groups (broad SMARTS) is 1. The van der Waals surface area contributed by atoms with Crippen LogP contribution in [-0.4, -0.2) is 25.9 Å². The minimum atomic E-state index is -1.16. The van der Waals surface area contributed by atoms with Crippen molar-refractivity contribution in [1.82, 2.24) is 0 Å². The van der Waals surface area contributed by atoms with E-state index in [9.17, 15) is 9.59 Å². The van der Waals surface area contributed by atoms with Crippen molar-refractivity contribution >= 4 is 34.3 Å². The zero-order valence-electron chi connectivity index (χ0n) is 6.98. The topological polar surface area (TPSA) is 74.6 Å². The van der Waals surface area contributed by atoms with Gasteiger partial charge in [0.15, 0.2) is 9.71 Å². The maximum atomic E-state index is 11.4. The Morgan fingerprint density at radius 3 is 2.14 bits per heavy atom. The molecule has 1 atom stereocenters. The third kappa shape index (κ3) is 2.44. The standard InChI is InChI=1S/C9H7IO4/c10-7(9(13)14)8(12)5-1-3-6(11)4-2-5/h1-4,7,11H,(H,13,14). The van der Waals surface area contributed by atoms with E-state index in [4.69, 9.17) is 10.2 Å². The molecule has 0 aromatic heterocycles. The maximum Gasteiger partial charge on any atom is 0.324 e. The zero-order chi connectivity index (χ0) is 10.7. The summed E-state index contributed by atoms with van der Waals surface area (Å²) in [6, 6.07) is 5.48. The predicted molar refractivity (Wildman–Crippen MR) is 57.9 cm³/mol. The number of benzene rings is 1. The molecule has 0 fully saturated rings. The van der Waals surface area contributed by atoms with Gasteiger partial charge in [0, 0.05) is 5.56 Å². The van der Waals surface area contributed by atoms with Gasteiger partial charge < -0.3 is 10.2 Å². The molecule has 74 valence electrons. The number of carbonyl (C=O) groups is 2. The monoisotopic (exact) mass is 306 g/mol. The highest BCUT2D eigenvalue weighted by atomic mass is 127. The average molecular weight is 306 g/mol. The van der Waals surface area contributed by atoms with E-state index in [1.807, 2.05) is 0 Å². The molecular weight excluding hydrogens is 299 g/mol. The molecule has 1 unspecified atom stereocenters. The fourth-order valence-electron chi connectivity index (χ4n) is 0.884. The van der Waals surface area contributed by atoms with Crippen LogP contribution in [0.5, 0.6) is 5.75 Å². The number of carbonyl (C=O) groups excluding carboxylic acids is 1. The summed E-state index contributed by atoms with van der Waals surface area (Å²) >= 11 is 1.56. The lowest BCUT2D eigenvalue weighted by atomic mass is 10.1. The number of aromatic hydroxyl groups is 1. The number of hydrogen-bond donors (Lipinski definition) is 2. The van der Waals surface area contributed by atoms with Crippen molar-refractivity contribution in [3.05, 3.63) is 29.8 Å². The fraction of sp³-hybridized carbons (Fsp3) is 0.111. The van der Waals surface area contributed by atoms with Gasteiger partial charge in [-0.2, -0.15) is 0 Å². The van der Waals surface area contributed by atoms with Crippen LogP contribution < -0.4 is 0 Å². The minimum Gasteiger partial charge on any atom is -0.508 e. The van der Waals surface area contributed by atoms with Gasteiger partial charge in [-0.05, 0) is 24.3 Å².